The lowest BCUT2D eigenvalue weighted by Gasteiger charge is -2.35. The van der Waals surface area contributed by atoms with Gasteiger partial charge in [-0.1, -0.05) is 149 Å². The van der Waals surface area contributed by atoms with Crippen LogP contribution in [0.3, 0.4) is 0 Å². The fourth-order valence-corrected chi connectivity index (χ4v) is 15.3. The summed E-state index contributed by atoms with van der Waals surface area (Å²) in [5, 5.41) is 54.0. The Morgan fingerprint density at radius 3 is 1.55 bits per heavy atom. The van der Waals surface area contributed by atoms with Crippen LogP contribution in [0.5, 0.6) is 11.5 Å². The zero-order chi connectivity index (χ0) is 96.1. The minimum atomic E-state index is -1.79. The van der Waals surface area contributed by atoms with Crippen LogP contribution in [0.4, 0.5) is 4.79 Å². The molecule has 2 heterocycles. The van der Waals surface area contributed by atoms with Crippen LogP contribution in [0.1, 0.15) is 113 Å². The van der Waals surface area contributed by atoms with Gasteiger partial charge < -0.3 is 109 Å². The minimum Gasteiger partial charge on any atom is -0.508 e. The fraction of sp³-hybridized carbons (Fsp3) is 0.473. The van der Waals surface area contributed by atoms with Gasteiger partial charge in [0, 0.05) is 98.8 Å². The first-order valence-corrected chi connectivity index (χ1v) is 43.8. The van der Waals surface area contributed by atoms with Crippen LogP contribution in [0, 0.1) is 11.8 Å². The summed E-state index contributed by atoms with van der Waals surface area (Å²) in [6.45, 7) is 6.44. The third-order valence-electron chi connectivity index (χ3n) is 23.0. The molecule has 2 fully saturated rings. The highest BCUT2D eigenvalue weighted by molar-refractivity contribution is 6.01. The molecular formula is C93H125N17O21. The third kappa shape index (κ3) is 31.9. The quantitative estimate of drug-likeness (QED) is 0.0178. The number of aromatic hydroxyl groups is 2. The Hall–Kier alpha value is -13.7. The van der Waals surface area contributed by atoms with Crippen molar-refractivity contribution in [3.8, 4) is 11.5 Å². The van der Waals surface area contributed by atoms with Gasteiger partial charge in [-0.05, 0) is 116 Å². The summed E-state index contributed by atoms with van der Waals surface area (Å²) in [5.41, 5.74) is 13.9. The van der Waals surface area contributed by atoms with Crippen molar-refractivity contribution in [3.05, 3.63) is 180 Å². The molecule has 0 unspecified atom stereocenters. The number of nitrogens with one attached hydrogen (secondary N) is 9. The number of likely N-dealkylation sites (tertiary alicyclic amines) is 2. The first-order valence-electron chi connectivity index (χ1n) is 43.8. The molecule has 12 atom stereocenters. The van der Waals surface area contributed by atoms with E-state index in [0.29, 0.717) is 35.1 Å². The molecule has 2 saturated heterocycles. The number of phenols is 2. The summed E-state index contributed by atoms with van der Waals surface area (Å²) >= 11 is 0. The number of hydrogen-bond acceptors (Lipinski definition) is 22. The highest BCUT2D eigenvalue weighted by atomic mass is 16.5. The predicted octanol–water partition coefficient (Wildman–Crippen LogP) is -0.146. The molecule has 708 valence electrons. The number of nitrogens with zero attached hydrogens (tertiary/aromatic N) is 6. The van der Waals surface area contributed by atoms with E-state index in [1.165, 1.54) is 104 Å². The van der Waals surface area contributed by atoms with Gasteiger partial charge >= 0.3 is 6.09 Å². The van der Waals surface area contributed by atoms with E-state index in [4.69, 9.17) is 16.2 Å². The van der Waals surface area contributed by atoms with Crippen LogP contribution in [-0.4, -0.2) is 299 Å². The molecule has 5 aromatic carbocycles. The number of primary amides is 1. The first kappa shape index (κ1) is 104. The number of rotatable bonds is 50. The summed E-state index contributed by atoms with van der Waals surface area (Å²) in [6.07, 6.45) is 1.77. The van der Waals surface area contributed by atoms with Crippen LogP contribution in [0.25, 0.3) is 0 Å². The number of unbranched alkanes of at least 4 members (excludes halogenated alkanes) is 1. The molecule has 0 spiro atoms. The molecule has 16 amide bonds. The van der Waals surface area contributed by atoms with Gasteiger partial charge in [0.05, 0.1) is 26.2 Å². The van der Waals surface area contributed by atoms with Crippen molar-refractivity contribution in [3.63, 3.8) is 0 Å². The van der Waals surface area contributed by atoms with Crippen LogP contribution in [0.15, 0.2) is 152 Å². The average Bonchev–Trinajstić information content (AvgIpc) is 1.72. The molecule has 2 aliphatic heterocycles. The van der Waals surface area contributed by atoms with Crippen LogP contribution >= 0.6 is 0 Å². The van der Waals surface area contributed by atoms with E-state index in [0.717, 1.165) is 20.3 Å². The van der Waals surface area contributed by atoms with Gasteiger partial charge in [0.2, 0.25) is 88.6 Å². The molecule has 0 radical (unpaired) electrons. The third-order valence-corrected chi connectivity index (χ3v) is 23.0. The number of Topliss-reactive ketones (excluding diaryl/α,β-unsaturated/α-hetero) is 1. The van der Waals surface area contributed by atoms with E-state index < -0.39 is 193 Å². The summed E-state index contributed by atoms with van der Waals surface area (Å²) in [6, 6.07) is 22.6. The van der Waals surface area contributed by atoms with E-state index in [1.807, 2.05) is 30.3 Å². The largest absolute Gasteiger partial charge is 0.508 e. The second kappa shape index (κ2) is 52.1. The molecule has 0 aromatic heterocycles. The summed E-state index contributed by atoms with van der Waals surface area (Å²) in [5.74, 6) is -13.9. The predicted molar refractivity (Wildman–Crippen MR) is 481 cm³/mol. The van der Waals surface area contributed by atoms with Gasteiger partial charge in [-0.15, -0.1) is 0 Å². The molecule has 16 N–H and O–H groups in total. The van der Waals surface area contributed by atoms with Gasteiger partial charge in [0.1, 0.15) is 90.3 Å². The number of benzene rings is 5. The Morgan fingerprint density at radius 2 is 1.01 bits per heavy atom. The Balaban J connectivity index is 1.06. The Kier molecular flexibility index (Phi) is 41.5. The van der Waals surface area contributed by atoms with E-state index in [-0.39, 0.29) is 133 Å². The smallest absolute Gasteiger partial charge is 0.407 e. The van der Waals surface area contributed by atoms with Crippen molar-refractivity contribution < 1.29 is 102 Å². The van der Waals surface area contributed by atoms with E-state index in [2.05, 4.69) is 54.4 Å². The maximum atomic E-state index is 15.3. The number of hydrogen-bond donors (Lipinski definition) is 14. The van der Waals surface area contributed by atoms with Crippen molar-refractivity contribution in [2.75, 3.05) is 87.2 Å². The number of aliphatic hydroxyl groups excluding tert-OH is 1. The number of carbonyl (C=O) groups excluding carboxylic acids is 17. The summed E-state index contributed by atoms with van der Waals surface area (Å²) in [7, 11) is 5.33. The van der Waals surface area contributed by atoms with Crippen molar-refractivity contribution in [2.24, 2.45) is 23.3 Å². The molecular weight excluding hydrogens is 1690 g/mol. The molecule has 0 bridgehead atoms. The second-order valence-electron chi connectivity index (χ2n) is 33.0. The van der Waals surface area contributed by atoms with Crippen molar-refractivity contribution in [1.29, 1.82) is 0 Å². The highest BCUT2D eigenvalue weighted by Crippen LogP contribution is 2.28. The van der Waals surface area contributed by atoms with Crippen LogP contribution in [-0.2, 0) is 114 Å². The van der Waals surface area contributed by atoms with E-state index in [9.17, 15) is 77.6 Å². The summed E-state index contributed by atoms with van der Waals surface area (Å²) in [4.78, 5) is 247. The van der Waals surface area contributed by atoms with Crippen LogP contribution < -0.4 is 59.3 Å². The molecule has 38 nitrogen and oxygen atoms in total. The lowest BCUT2D eigenvalue weighted by Crippen LogP contribution is -2.61. The number of ketones is 1. The van der Waals surface area contributed by atoms with Crippen LogP contribution in [0.2, 0.25) is 0 Å². The zero-order valence-corrected chi connectivity index (χ0v) is 75.4. The van der Waals surface area contributed by atoms with Gasteiger partial charge in [-0.2, -0.15) is 0 Å². The Bertz CT molecular complexity index is 4760. The van der Waals surface area contributed by atoms with Crippen molar-refractivity contribution in [1.82, 2.24) is 77.3 Å². The highest BCUT2D eigenvalue weighted by Gasteiger charge is 2.45. The molecule has 38 heteroatoms. The topological polar surface area (TPSA) is 540 Å². The number of alkyl carbamates (subject to hydrolysis) is 1. The Labute approximate surface area is 761 Å². The Morgan fingerprint density at radius 1 is 0.511 bits per heavy atom. The molecule has 5 aromatic rings. The van der Waals surface area contributed by atoms with Crippen molar-refractivity contribution in [2.45, 2.75) is 184 Å². The van der Waals surface area contributed by atoms with Gasteiger partial charge in [0.15, 0.2) is 0 Å². The molecule has 131 heavy (non-hydrogen) atoms. The lowest BCUT2D eigenvalue weighted by atomic mass is 9.92. The number of likely N-dealkylation sites (N-methyl/N-ethyl adjacent to an activating group) is 4. The monoisotopic (exact) mass is 1820 g/mol. The van der Waals surface area contributed by atoms with E-state index in [1.54, 1.807) is 81.4 Å². The number of carbonyl (C=O) groups is 17. The maximum absolute atomic E-state index is 15.3. The molecule has 0 aliphatic carbocycles. The van der Waals surface area contributed by atoms with E-state index >= 15 is 19.2 Å². The van der Waals surface area contributed by atoms with Gasteiger partial charge in [-0.25, -0.2) is 4.79 Å². The average molecular weight is 1820 g/mol. The molecule has 0 saturated carbocycles. The SMILES string of the molecule is C=CCOC(=O)NCCCC[C@H](NC(=O)CNC(=O)[C@H](CO)NC(=O)[C@@H](NC(=O)[C@H](Cc1ccc(O)cc1)NC(=O)[C@H](C)N(C)C(=O)[C@@H]1CCCN1C(=O)[C@@H](CC(=O)CC)Cc1ccccc1)C(C)C)C(=O)N(C)[C@@H](Cc1ccccc1)C(=O)N(C)CC(=O)N[C@@H](Cc1ccc(O)cc1)C(=O)N(C)[C@@H](Cc1ccccc1)C(=O)N1CCC[C@H]1C(=O)N[C@@H](CN)C(=O)NCC(N)=O. The maximum Gasteiger partial charge on any atom is 0.407 e. The number of phenolic OH excluding ortho intramolecular Hbond substituents is 2. The molecule has 2 aliphatic rings. The molecule has 7 rings (SSSR count). The van der Waals surface area contributed by atoms with Gasteiger partial charge in [0.25, 0.3) is 0 Å². The number of nitrogens with two attached hydrogens (primary N) is 2. The lowest BCUT2D eigenvalue weighted by molar-refractivity contribution is -0.149. The second-order valence-corrected chi connectivity index (χ2v) is 33.0. The van der Waals surface area contributed by atoms with Gasteiger partial charge in [-0.3, -0.25) is 76.7 Å². The fourth-order valence-electron chi connectivity index (χ4n) is 15.3. The van der Waals surface area contributed by atoms with Crippen molar-refractivity contribution >= 4 is 100 Å². The standard InChI is InChI=1S/C93H125N17O21/c1-10-45-131-93(130)96-42-22-21-31-68(99-78(116)54-98-83(120)72(56-111)103-86(123)80(57(3)4)104-84(121)69(47-62-34-38-66(113)39-35-62)101-81(118)58(5)106(7)91(128)74-33-24-44-110(74)87(124)64(51-65(112)11-2)46-59-25-15-12-16-26-59)88(125)107(8)75(49-60-27-17-13-18-28-60)90(127)105(6)55-79(117)100-70(48-63-36-40-67(114)41-37-63)89(126)108(9)76(50-61-29-19-14-20-30-61)92(129)109-43-23-32-73(109)85(122)102-71(52-94)82(119)97-53-77(95)115/h10,12-20,25-30,34-41,57-58,64,68-76,80,111,113-114H,1,11,21-24,31-33,42-56,94H2,2-9H3,(H2,95,115)(H,96,130)(H,97,119)(H,98,120)(H,99,116)(H,100,117)(H,101,118)(H,102,122)(H,103,123)(H,104,121)/t58-,64+,68-,69-,70-,71-,72-,73-,74-,75-,76-,80-/m0/s1. The number of ether oxygens (including phenoxy) is 1. The summed E-state index contributed by atoms with van der Waals surface area (Å²) < 4.78 is 5.02. The first-order chi connectivity index (χ1) is 62.5. The minimum absolute atomic E-state index is 0.0305. The number of aliphatic hydroxyl groups is 1. The normalized spacial score (nSPS) is 15.7. The zero-order valence-electron chi connectivity index (χ0n) is 75.4. The number of amides is 16.